The maximum atomic E-state index is 13.4. The topological polar surface area (TPSA) is 58.6 Å². The summed E-state index contributed by atoms with van der Waals surface area (Å²) in [4.78, 5) is 27.3. The third-order valence-electron chi connectivity index (χ3n) is 4.66. The molecule has 5 nitrogen and oxygen atoms in total. The fourth-order valence-corrected chi connectivity index (χ4v) is 3.16. The number of nitrogens with one attached hydrogen (secondary N) is 1. The van der Waals surface area contributed by atoms with E-state index in [-0.39, 0.29) is 5.91 Å². The second-order valence-electron chi connectivity index (χ2n) is 6.63. The molecular formula is C24H24N2O3. The van der Waals surface area contributed by atoms with Crippen molar-refractivity contribution in [2.75, 3.05) is 19.5 Å². The molecule has 5 heteroatoms. The number of hydrogen-bond donors (Lipinski definition) is 1. The van der Waals surface area contributed by atoms with Gasteiger partial charge in [0.25, 0.3) is 5.91 Å². The zero-order valence-electron chi connectivity index (χ0n) is 16.6. The first-order valence-electron chi connectivity index (χ1n) is 9.39. The Balaban J connectivity index is 1.94. The third kappa shape index (κ3) is 5.02. The van der Waals surface area contributed by atoms with E-state index in [9.17, 15) is 9.59 Å². The first kappa shape index (κ1) is 20.1. The normalized spacial score (nSPS) is 10.3. The summed E-state index contributed by atoms with van der Waals surface area (Å²) in [6.45, 7) is 0.936. The predicted octanol–water partition coefficient (Wildman–Crippen LogP) is 4.36. The standard InChI is InChI=1S/C24H24N2O3/c1-25-22-14-13-20(15-21(22)24(28)29-2)23(27)26(16-18-9-5-3-6-10-18)17-19-11-7-4-8-12-19/h3-15,25H,16-17H2,1-2H3. The van der Waals surface area contributed by atoms with Crippen molar-refractivity contribution in [2.45, 2.75) is 13.1 Å². The van der Waals surface area contributed by atoms with Gasteiger partial charge in [-0.15, -0.1) is 0 Å². The van der Waals surface area contributed by atoms with Crippen molar-refractivity contribution in [3.63, 3.8) is 0 Å². The van der Waals surface area contributed by atoms with Gasteiger partial charge in [0.05, 0.1) is 12.7 Å². The Morgan fingerprint density at radius 1 is 0.862 bits per heavy atom. The lowest BCUT2D eigenvalue weighted by Crippen LogP contribution is -2.30. The van der Waals surface area contributed by atoms with E-state index in [1.165, 1.54) is 7.11 Å². The fraction of sp³-hybridized carbons (Fsp3) is 0.167. The average Bonchev–Trinajstić information content (AvgIpc) is 2.78. The molecule has 0 saturated carbocycles. The smallest absolute Gasteiger partial charge is 0.339 e. The van der Waals surface area contributed by atoms with Gasteiger partial charge < -0.3 is 15.0 Å². The number of esters is 1. The molecule has 0 aliphatic heterocycles. The maximum absolute atomic E-state index is 13.4. The number of carbonyl (C=O) groups is 2. The Morgan fingerprint density at radius 2 is 1.41 bits per heavy atom. The molecule has 29 heavy (non-hydrogen) atoms. The Morgan fingerprint density at radius 3 is 1.90 bits per heavy atom. The summed E-state index contributed by atoms with van der Waals surface area (Å²) >= 11 is 0. The van der Waals surface area contributed by atoms with Gasteiger partial charge in [-0.2, -0.15) is 0 Å². The van der Waals surface area contributed by atoms with Gasteiger partial charge in [0, 0.05) is 31.4 Å². The summed E-state index contributed by atoms with van der Waals surface area (Å²) in [5, 5.41) is 2.96. The number of ether oxygens (including phenoxy) is 1. The predicted molar refractivity (Wildman–Crippen MR) is 114 cm³/mol. The second kappa shape index (κ2) is 9.55. The highest BCUT2D eigenvalue weighted by atomic mass is 16.5. The molecule has 0 aliphatic rings. The zero-order valence-corrected chi connectivity index (χ0v) is 16.6. The Labute approximate surface area is 170 Å². The van der Waals surface area contributed by atoms with Crippen LogP contribution in [0.25, 0.3) is 0 Å². The van der Waals surface area contributed by atoms with Crippen LogP contribution in [0.4, 0.5) is 5.69 Å². The van der Waals surface area contributed by atoms with E-state index in [1.54, 1.807) is 30.1 Å². The molecule has 3 aromatic rings. The second-order valence-corrected chi connectivity index (χ2v) is 6.63. The zero-order chi connectivity index (χ0) is 20.6. The lowest BCUT2D eigenvalue weighted by Gasteiger charge is -2.24. The van der Waals surface area contributed by atoms with E-state index in [4.69, 9.17) is 4.74 Å². The molecule has 0 heterocycles. The highest BCUT2D eigenvalue weighted by molar-refractivity contribution is 6.01. The number of methoxy groups -OCH3 is 1. The summed E-state index contributed by atoms with van der Waals surface area (Å²) in [5.74, 6) is -0.632. The summed E-state index contributed by atoms with van der Waals surface area (Å²) in [6, 6.07) is 24.7. The van der Waals surface area contributed by atoms with Gasteiger partial charge >= 0.3 is 5.97 Å². The monoisotopic (exact) mass is 388 g/mol. The van der Waals surface area contributed by atoms with Crippen molar-refractivity contribution in [1.82, 2.24) is 4.90 Å². The number of carbonyl (C=O) groups excluding carboxylic acids is 2. The minimum absolute atomic E-state index is 0.148. The molecule has 0 atom stereocenters. The fourth-order valence-electron chi connectivity index (χ4n) is 3.16. The van der Waals surface area contributed by atoms with Crippen LogP contribution in [0.15, 0.2) is 78.9 Å². The molecule has 0 spiro atoms. The molecule has 0 aliphatic carbocycles. The molecule has 0 fully saturated rings. The van der Waals surface area contributed by atoms with Crippen LogP contribution in [0.1, 0.15) is 31.8 Å². The number of nitrogens with zero attached hydrogens (tertiary/aromatic N) is 1. The van der Waals surface area contributed by atoms with Crippen molar-refractivity contribution >= 4 is 17.6 Å². The van der Waals surface area contributed by atoms with Crippen LogP contribution in [-0.4, -0.2) is 30.9 Å². The maximum Gasteiger partial charge on any atom is 0.339 e. The van der Waals surface area contributed by atoms with Crippen molar-refractivity contribution in [1.29, 1.82) is 0 Å². The van der Waals surface area contributed by atoms with Gasteiger partial charge in [-0.05, 0) is 29.3 Å². The molecule has 3 aromatic carbocycles. The minimum atomic E-state index is -0.485. The molecule has 3 rings (SSSR count). The summed E-state index contributed by atoms with van der Waals surface area (Å²) in [7, 11) is 3.05. The largest absolute Gasteiger partial charge is 0.465 e. The third-order valence-corrected chi connectivity index (χ3v) is 4.66. The molecule has 0 radical (unpaired) electrons. The van der Waals surface area contributed by atoms with Gasteiger partial charge in [-0.25, -0.2) is 4.79 Å². The molecule has 0 saturated heterocycles. The van der Waals surface area contributed by atoms with Crippen molar-refractivity contribution in [3.8, 4) is 0 Å². The average molecular weight is 388 g/mol. The molecule has 0 aromatic heterocycles. The number of rotatable bonds is 7. The summed E-state index contributed by atoms with van der Waals surface area (Å²) in [6.07, 6.45) is 0. The molecule has 148 valence electrons. The Bertz CT molecular complexity index is 930. The van der Waals surface area contributed by atoms with Gasteiger partial charge in [-0.3, -0.25) is 4.79 Å². The number of anilines is 1. The van der Waals surface area contributed by atoms with Crippen LogP contribution in [0.2, 0.25) is 0 Å². The molecular weight excluding hydrogens is 364 g/mol. The highest BCUT2D eigenvalue weighted by Gasteiger charge is 2.20. The first-order valence-corrected chi connectivity index (χ1v) is 9.39. The molecule has 0 bridgehead atoms. The lowest BCUT2D eigenvalue weighted by molar-refractivity contribution is 0.0602. The Kier molecular flexibility index (Phi) is 6.63. The summed E-state index contributed by atoms with van der Waals surface area (Å²) in [5.41, 5.74) is 3.47. The molecule has 1 N–H and O–H groups in total. The minimum Gasteiger partial charge on any atom is -0.465 e. The van der Waals surface area contributed by atoms with E-state index in [2.05, 4.69) is 5.32 Å². The number of amides is 1. The highest BCUT2D eigenvalue weighted by Crippen LogP contribution is 2.21. The quantitative estimate of drug-likeness (QED) is 0.611. The van der Waals surface area contributed by atoms with Crippen LogP contribution in [0, 0.1) is 0 Å². The van der Waals surface area contributed by atoms with E-state index in [0.717, 1.165) is 11.1 Å². The Hall–Kier alpha value is -3.60. The van der Waals surface area contributed by atoms with Crippen molar-refractivity contribution < 1.29 is 14.3 Å². The van der Waals surface area contributed by atoms with E-state index in [1.807, 2.05) is 60.7 Å². The van der Waals surface area contributed by atoms with E-state index < -0.39 is 5.97 Å². The first-order chi connectivity index (χ1) is 14.1. The van der Waals surface area contributed by atoms with Crippen LogP contribution in [0.5, 0.6) is 0 Å². The SMILES string of the molecule is CNc1ccc(C(=O)N(Cc2ccccc2)Cc2ccccc2)cc1C(=O)OC. The van der Waals surface area contributed by atoms with Crippen molar-refractivity contribution in [2.24, 2.45) is 0 Å². The van der Waals surface area contributed by atoms with Gasteiger partial charge in [0.2, 0.25) is 0 Å². The van der Waals surface area contributed by atoms with Crippen molar-refractivity contribution in [3.05, 3.63) is 101 Å². The summed E-state index contributed by atoms with van der Waals surface area (Å²) < 4.78 is 4.86. The van der Waals surface area contributed by atoms with Crippen LogP contribution in [0.3, 0.4) is 0 Å². The van der Waals surface area contributed by atoms with Crippen LogP contribution >= 0.6 is 0 Å². The van der Waals surface area contributed by atoms with Crippen LogP contribution in [-0.2, 0) is 17.8 Å². The lowest BCUT2D eigenvalue weighted by atomic mass is 10.1. The van der Waals surface area contributed by atoms with Gasteiger partial charge in [0.1, 0.15) is 0 Å². The van der Waals surface area contributed by atoms with Gasteiger partial charge in [0.15, 0.2) is 0 Å². The van der Waals surface area contributed by atoms with E-state index >= 15 is 0 Å². The molecule has 1 amide bonds. The number of benzene rings is 3. The molecule has 0 unspecified atom stereocenters. The van der Waals surface area contributed by atoms with E-state index in [0.29, 0.717) is 29.9 Å². The number of hydrogen-bond acceptors (Lipinski definition) is 4. The van der Waals surface area contributed by atoms with Crippen LogP contribution < -0.4 is 5.32 Å². The van der Waals surface area contributed by atoms with Gasteiger partial charge in [-0.1, -0.05) is 60.7 Å².